The molecule has 1 fully saturated rings. The second kappa shape index (κ2) is 6.15. The Hall–Kier alpha value is -2.41. The fraction of sp³-hybridized carbons (Fsp3) is 0.400. The zero-order valence-electron chi connectivity index (χ0n) is 12.4. The normalized spacial score (nSPS) is 17.0. The number of carbonyl (C=O) groups excluding carboxylic acids is 1. The molecule has 1 aliphatic heterocycles. The predicted octanol–water partition coefficient (Wildman–Crippen LogP) is 1.43. The lowest BCUT2D eigenvalue weighted by molar-refractivity contribution is -0.130. The van der Waals surface area contributed by atoms with Crippen molar-refractivity contribution in [3.8, 4) is 5.75 Å². The molecular formula is C15H18N4O3. The molecule has 2 aromatic heterocycles. The van der Waals surface area contributed by atoms with E-state index in [1.807, 2.05) is 12.3 Å². The first kappa shape index (κ1) is 14.5. The molecule has 1 saturated heterocycles. The van der Waals surface area contributed by atoms with E-state index < -0.39 is 5.54 Å². The van der Waals surface area contributed by atoms with Crippen LogP contribution < -0.4 is 10.1 Å². The van der Waals surface area contributed by atoms with E-state index in [1.54, 1.807) is 36.4 Å². The molecule has 116 valence electrons. The van der Waals surface area contributed by atoms with Crippen molar-refractivity contribution in [2.24, 2.45) is 0 Å². The average Bonchev–Trinajstić information content (AvgIpc) is 3.10. The minimum Gasteiger partial charge on any atom is -0.495 e. The van der Waals surface area contributed by atoms with Gasteiger partial charge in [-0.2, -0.15) is 5.10 Å². The summed E-state index contributed by atoms with van der Waals surface area (Å²) < 4.78 is 12.3. The van der Waals surface area contributed by atoms with Crippen LogP contribution in [0.3, 0.4) is 0 Å². The molecule has 22 heavy (non-hydrogen) atoms. The Labute approximate surface area is 128 Å². The van der Waals surface area contributed by atoms with Gasteiger partial charge < -0.3 is 14.8 Å². The highest BCUT2D eigenvalue weighted by Gasteiger charge is 2.42. The number of nitrogens with one attached hydrogen (secondary N) is 1. The van der Waals surface area contributed by atoms with Gasteiger partial charge in [-0.25, -0.2) is 0 Å². The first-order valence-electron chi connectivity index (χ1n) is 7.13. The second-order valence-corrected chi connectivity index (χ2v) is 5.16. The van der Waals surface area contributed by atoms with Crippen molar-refractivity contribution >= 4 is 11.6 Å². The Balaban J connectivity index is 1.86. The molecule has 0 bridgehead atoms. The third-order valence-electron chi connectivity index (χ3n) is 3.89. The van der Waals surface area contributed by atoms with Gasteiger partial charge in [0.2, 0.25) is 0 Å². The maximum absolute atomic E-state index is 12.9. The summed E-state index contributed by atoms with van der Waals surface area (Å²) >= 11 is 0. The molecule has 7 nitrogen and oxygen atoms in total. The molecule has 2 aromatic rings. The third-order valence-corrected chi connectivity index (χ3v) is 3.89. The van der Waals surface area contributed by atoms with Crippen LogP contribution in [-0.4, -0.2) is 41.0 Å². The monoisotopic (exact) mass is 302 g/mol. The van der Waals surface area contributed by atoms with Gasteiger partial charge in [0.05, 0.1) is 25.2 Å². The van der Waals surface area contributed by atoms with E-state index >= 15 is 0 Å². The number of carbonyl (C=O) groups is 1. The molecule has 1 N–H and O–H groups in total. The number of nitrogens with zero attached hydrogens (tertiary/aromatic N) is 3. The largest absolute Gasteiger partial charge is 0.495 e. The molecule has 0 radical (unpaired) electrons. The fourth-order valence-corrected chi connectivity index (χ4v) is 2.64. The quantitative estimate of drug-likeness (QED) is 0.924. The summed E-state index contributed by atoms with van der Waals surface area (Å²) in [5.74, 6) is 0.479. The van der Waals surface area contributed by atoms with Gasteiger partial charge in [-0.3, -0.25) is 14.5 Å². The number of pyridine rings is 1. The summed E-state index contributed by atoms with van der Waals surface area (Å²) in [6.07, 6.45) is 7.84. The van der Waals surface area contributed by atoms with Crippen LogP contribution in [0.4, 0.5) is 5.69 Å². The molecule has 3 heterocycles. The van der Waals surface area contributed by atoms with E-state index in [0.29, 0.717) is 37.5 Å². The lowest BCUT2D eigenvalue weighted by Crippen LogP contribution is -2.49. The third kappa shape index (κ3) is 2.67. The summed E-state index contributed by atoms with van der Waals surface area (Å²) in [5.41, 5.74) is -0.132. The minimum absolute atomic E-state index is 0.116. The van der Waals surface area contributed by atoms with Crippen molar-refractivity contribution in [2.75, 3.05) is 25.6 Å². The van der Waals surface area contributed by atoms with Gasteiger partial charge in [-0.15, -0.1) is 0 Å². The van der Waals surface area contributed by atoms with Crippen LogP contribution in [0.1, 0.15) is 12.8 Å². The van der Waals surface area contributed by atoms with E-state index in [4.69, 9.17) is 9.47 Å². The maximum atomic E-state index is 12.9. The van der Waals surface area contributed by atoms with Crippen LogP contribution in [0, 0.1) is 0 Å². The molecular weight excluding hydrogens is 284 g/mol. The zero-order valence-corrected chi connectivity index (χ0v) is 12.4. The first-order chi connectivity index (χ1) is 10.7. The number of aromatic nitrogens is 3. The first-order valence-corrected chi connectivity index (χ1v) is 7.13. The topological polar surface area (TPSA) is 78.3 Å². The number of hydrogen-bond acceptors (Lipinski definition) is 5. The zero-order chi connectivity index (χ0) is 15.4. The van der Waals surface area contributed by atoms with Crippen LogP contribution in [0.5, 0.6) is 5.75 Å². The predicted molar refractivity (Wildman–Crippen MR) is 79.7 cm³/mol. The van der Waals surface area contributed by atoms with Crippen molar-refractivity contribution in [3.05, 3.63) is 36.9 Å². The molecule has 1 amide bonds. The highest BCUT2D eigenvalue weighted by molar-refractivity contribution is 5.96. The molecule has 7 heteroatoms. The number of anilines is 1. The lowest BCUT2D eigenvalue weighted by atomic mass is 9.89. The fourth-order valence-electron chi connectivity index (χ4n) is 2.64. The van der Waals surface area contributed by atoms with Gasteiger partial charge >= 0.3 is 0 Å². The smallest absolute Gasteiger partial charge is 0.252 e. The summed E-state index contributed by atoms with van der Waals surface area (Å²) in [6, 6.07) is 3.55. The van der Waals surface area contributed by atoms with Crippen LogP contribution in [0.2, 0.25) is 0 Å². The van der Waals surface area contributed by atoms with Crippen molar-refractivity contribution < 1.29 is 14.3 Å². The van der Waals surface area contributed by atoms with Crippen LogP contribution in [-0.2, 0) is 15.1 Å². The second-order valence-electron chi connectivity index (χ2n) is 5.16. The Morgan fingerprint density at radius 3 is 2.91 bits per heavy atom. The average molecular weight is 302 g/mol. The van der Waals surface area contributed by atoms with Gasteiger partial charge in [0, 0.05) is 44.5 Å². The number of rotatable bonds is 4. The summed E-state index contributed by atoms with van der Waals surface area (Å²) in [7, 11) is 1.56. The summed E-state index contributed by atoms with van der Waals surface area (Å²) in [5, 5.41) is 7.19. The van der Waals surface area contributed by atoms with Crippen LogP contribution in [0.15, 0.2) is 36.9 Å². The van der Waals surface area contributed by atoms with Crippen LogP contribution in [0.25, 0.3) is 0 Å². The van der Waals surface area contributed by atoms with Crippen molar-refractivity contribution in [2.45, 2.75) is 18.4 Å². The molecule has 0 unspecified atom stereocenters. The maximum Gasteiger partial charge on any atom is 0.252 e. The molecule has 0 atom stereocenters. The molecule has 0 aliphatic carbocycles. The van der Waals surface area contributed by atoms with Gasteiger partial charge in [0.1, 0.15) is 11.3 Å². The molecule has 1 aliphatic rings. The minimum atomic E-state index is -0.731. The Morgan fingerprint density at radius 1 is 1.41 bits per heavy atom. The SMILES string of the molecule is COc1cncc(NC(=O)C2(n3cccn3)CCOCC2)c1. The number of hydrogen-bond donors (Lipinski definition) is 1. The number of amides is 1. The summed E-state index contributed by atoms with van der Waals surface area (Å²) in [6.45, 7) is 1.06. The van der Waals surface area contributed by atoms with E-state index in [9.17, 15) is 4.79 Å². The van der Waals surface area contributed by atoms with Crippen molar-refractivity contribution in [1.29, 1.82) is 0 Å². The van der Waals surface area contributed by atoms with E-state index in [2.05, 4.69) is 15.4 Å². The van der Waals surface area contributed by atoms with Gasteiger partial charge in [-0.1, -0.05) is 0 Å². The lowest BCUT2D eigenvalue weighted by Gasteiger charge is -2.35. The molecule has 0 spiro atoms. The molecule has 0 saturated carbocycles. The standard InChI is InChI=1S/C15H18N4O3/c1-21-13-9-12(10-16-11-13)18-14(20)15(3-7-22-8-4-15)19-6-2-5-17-19/h2,5-6,9-11H,3-4,7-8H2,1H3,(H,18,20). The van der Waals surface area contributed by atoms with Crippen molar-refractivity contribution in [3.63, 3.8) is 0 Å². The van der Waals surface area contributed by atoms with Gasteiger partial charge in [0.15, 0.2) is 0 Å². The Kier molecular flexibility index (Phi) is 4.06. The number of ether oxygens (including phenoxy) is 2. The van der Waals surface area contributed by atoms with E-state index in [0.717, 1.165) is 0 Å². The van der Waals surface area contributed by atoms with Gasteiger partial charge in [0.25, 0.3) is 5.91 Å². The number of methoxy groups -OCH3 is 1. The van der Waals surface area contributed by atoms with E-state index in [-0.39, 0.29) is 5.91 Å². The molecule has 3 rings (SSSR count). The highest BCUT2D eigenvalue weighted by Crippen LogP contribution is 2.30. The summed E-state index contributed by atoms with van der Waals surface area (Å²) in [4.78, 5) is 16.9. The highest BCUT2D eigenvalue weighted by atomic mass is 16.5. The van der Waals surface area contributed by atoms with E-state index in [1.165, 1.54) is 0 Å². The van der Waals surface area contributed by atoms with Crippen molar-refractivity contribution in [1.82, 2.24) is 14.8 Å². The molecule has 0 aromatic carbocycles. The van der Waals surface area contributed by atoms with Crippen LogP contribution >= 0.6 is 0 Å². The Morgan fingerprint density at radius 2 is 2.23 bits per heavy atom. The Bertz CT molecular complexity index is 636. The van der Waals surface area contributed by atoms with Gasteiger partial charge in [-0.05, 0) is 6.07 Å².